The molecule has 2 aromatic rings. The lowest BCUT2D eigenvalue weighted by atomic mass is 9.94. The molecule has 0 fully saturated rings. The van der Waals surface area contributed by atoms with Gasteiger partial charge in [0.05, 0.1) is 12.7 Å². The molecule has 1 amide bonds. The summed E-state index contributed by atoms with van der Waals surface area (Å²) in [6, 6.07) is 6.99. The molecule has 29 heavy (non-hydrogen) atoms. The van der Waals surface area contributed by atoms with Gasteiger partial charge >= 0.3 is 11.9 Å². The number of fused-ring (bicyclic) bond motifs is 2. The third-order valence-corrected chi connectivity index (χ3v) is 6.74. The zero-order valence-corrected chi connectivity index (χ0v) is 17.1. The first-order valence-electron chi connectivity index (χ1n) is 9.79. The maximum Gasteiger partial charge on any atom is 0.339 e. The molecule has 2 heterocycles. The van der Waals surface area contributed by atoms with Gasteiger partial charge in [0, 0.05) is 23.2 Å². The van der Waals surface area contributed by atoms with Crippen molar-refractivity contribution < 1.29 is 23.9 Å². The summed E-state index contributed by atoms with van der Waals surface area (Å²) >= 11 is 1.58. The number of methoxy groups -OCH3 is 1. The molecule has 7 heteroatoms. The molecule has 0 radical (unpaired) electrons. The molecule has 0 unspecified atom stereocenters. The first-order chi connectivity index (χ1) is 14.1. The zero-order valence-electron chi connectivity index (χ0n) is 16.3. The quantitative estimate of drug-likeness (QED) is 0.721. The number of esters is 2. The Morgan fingerprint density at radius 3 is 2.69 bits per heavy atom. The average Bonchev–Trinajstić information content (AvgIpc) is 3.20. The number of amides is 1. The Kier molecular flexibility index (Phi) is 5.67. The molecule has 0 spiro atoms. The Bertz CT molecular complexity index is 950. The van der Waals surface area contributed by atoms with Crippen molar-refractivity contribution in [3.63, 3.8) is 0 Å². The van der Waals surface area contributed by atoms with Crippen LogP contribution in [0.1, 0.15) is 44.8 Å². The van der Waals surface area contributed by atoms with E-state index in [0.717, 1.165) is 42.4 Å². The third-order valence-electron chi connectivity index (χ3n) is 5.65. The molecule has 1 atom stereocenters. The van der Waals surface area contributed by atoms with Gasteiger partial charge < -0.3 is 14.4 Å². The molecule has 0 N–H and O–H groups in total. The van der Waals surface area contributed by atoms with Crippen molar-refractivity contribution in [2.45, 2.75) is 44.7 Å². The number of carbonyl (C=O) groups is 3. The minimum Gasteiger partial charge on any atom is -0.467 e. The highest BCUT2D eigenvalue weighted by Gasteiger charge is 2.35. The lowest BCUT2D eigenvalue weighted by Gasteiger charge is -2.35. The fourth-order valence-electron chi connectivity index (χ4n) is 4.08. The van der Waals surface area contributed by atoms with E-state index in [1.807, 2.05) is 29.6 Å². The lowest BCUT2D eigenvalue weighted by molar-refractivity contribution is -0.155. The minimum atomic E-state index is -0.713. The summed E-state index contributed by atoms with van der Waals surface area (Å²) in [6.07, 6.45) is 4.48. The standard InChI is InChI=1S/C22H23NO5S/c1-27-22(26)18-10-14-6-2-3-7-15(14)11-23(18)20(24)12-28-21(25)17-13-29-19-9-5-4-8-16(17)19/h2-3,6-7,13,18H,4-5,8-12H2,1H3/t18-/m0/s1. The molecular formula is C22H23NO5S. The first-order valence-corrected chi connectivity index (χ1v) is 10.7. The summed E-state index contributed by atoms with van der Waals surface area (Å²) < 4.78 is 10.2. The van der Waals surface area contributed by atoms with Crippen LogP contribution in [-0.4, -0.2) is 42.5 Å². The fourth-order valence-corrected chi connectivity index (χ4v) is 5.20. The van der Waals surface area contributed by atoms with Crippen molar-refractivity contribution in [2.75, 3.05) is 13.7 Å². The largest absolute Gasteiger partial charge is 0.467 e. The van der Waals surface area contributed by atoms with Gasteiger partial charge in [-0.25, -0.2) is 9.59 Å². The summed E-state index contributed by atoms with van der Waals surface area (Å²) in [7, 11) is 1.31. The predicted molar refractivity (Wildman–Crippen MR) is 108 cm³/mol. The molecule has 4 rings (SSSR count). The van der Waals surface area contributed by atoms with Gasteiger partial charge in [0.25, 0.3) is 5.91 Å². The molecule has 1 aliphatic carbocycles. The van der Waals surface area contributed by atoms with Crippen LogP contribution in [0.2, 0.25) is 0 Å². The fraction of sp³-hybridized carbons (Fsp3) is 0.409. The molecule has 6 nitrogen and oxygen atoms in total. The molecule has 0 bridgehead atoms. The van der Waals surface area contributed by atoms with E-state index in [9.17, 15) is 14.4 Å². The second-order valence-electron chi connectivity index (χ2n) is 7.37. The number of rotatable bonds is 4. The van der Waals surface area contributed by atoms with Crippen molar-refractivity contribution in [2.24, 2.45) is 0 Å². The highest BCUT2D eigenvalue weighted by molar-refractivity contribution is 7.10. The number of ether oxygens (including phenoxy) is 2. The molecule has 1 aromatic carbocycles. The van der Waals surface area contributed by atoms with Gasteiger partial charge in [-0.2, -0.15) is 0 Å². The number of thiophene rings is 1. The summed E-state index contributed by atoms with van der Waals surface area (Å²) in [5, 5.41) is 1.83. The van der Waals surface area contributed by atoms with Crippen molar-refractivity contribution >= 4 is 29.2 Å². The van der Waals surface area contributed by atoms with E-state index in [-0.39, 0.29) is 6.61 Å². The highest BCUT2D eigenvalue weighted by atomic mass is 32.1. The van der Waals surface area contributed by atoms with Crippen LogP contribution < -0.4 is 0 Å². The monoisotopic (exact) mass is 413 g/mol. The van der Waals surface area contributed by atoms with Gasteiger partial charge in [-0.3, -0.25) is 4.79 Å². The van der Waals surface area contributed by atoms with E-state index >= 15 is 0 Å². The van der Waals surface area contributed by atoms with Crippen LogP contribution in [0.4, 0.5) is 0 Å². The van der Waals surface area contributed by atoms with Crippen LogP contribution in [0.15, 0.2) is 29.6 Å². The van der Waals surface area contributed by atoms with Gasteiger partial charge in [0.1, 0.15) is 6.04 Å². The van der Waals surface area contributed by atoms with Gasteiger partial charge in [0.15, 0.2) is 6.61 Å². The van der Waals surface area contributed by atoms with Gasteiger partial charge in [-0.05, 0) is 42.4 Å². The Hall–Kier alpha value is -2.67. The molecule has 1 aliphatic heterocycles. The van der Waals surface area contributed by atoms with Crippen LogP contribution in [0.25, 0.3) is 0 Å². The number of aryl methyl sites for hydroxylation is 1. The number of hydrogen-bond acceptors (Lipinski definition) is 6. The topological polar surface area (TPSA) is 72.9 Å². The summed E-state index contributed by atoms with van der Waals surface area (Å²) in [6.45, 7) is -0.0979. The average molecular weight is 413 g/mol. The molecule has 152 valence electrons. The summed E-state index contributed by atoms with van der Waals surface area (Å²) in [4.78, 5) is 40.3. The van der Waals surface area contributed by atoms with E-state index in [1.165, 1.54) is 16.9 Å². The minimum absolute atomic E-state index is 0.292. The van der Waals surface area contributed by atoms with Gasteiger partial charge in [-0.1, -0.05) is 24.3 Å². The predicted octanol–water partition coefficient (Wildman–Crippen LogP) is 2.91. The Morgan fingerprint density at radius 2 is 1.90 bits per heavy atom. The lowest BCUT2D eigenvalue weighted by Crippen LogP contribution is -2.50. The maximum absolute atomic E-state index is 12.8. The summed E-state index contributed by atoms with van der Waals surface area (Å²) in [5.41, 5.74) is 3.65. The summed E-state index contributed by atoms with van der Waals surface area (Å²) in [5.74, 6) is -1.33. The van der Waals surface area contributed by atoms with E-state index in [2.05, 4.69) is 0 Å². The molecule has 2 aliphatic rings. The van der Waals surface area contributed by atoms with Crippen molar-refractivity contribution in [3.8, 4) is 0 Å². The zero-order chi connectivity index (χ0) is 20.4. The number of benzene rings is 1. The second kappa shape index (κ2) is 8.37. The second-order valence-corrected chi connectivity index (χ2v) is 8.33. The van der Waals surface area contributed by atoms with Crippen LogP contribution in [-0.2, 0) is 44.9 Å². The molecular weight excluding hydrogens is 390 g/mol. The Balaban J connectivity index is 1.46. The first kappa shape index (κ1) is 19.6. The highest BCUT2D eigenvalue weighted by Crippen LogP contribution is 2.30. The Labute approximate surface area is 173 Å². The maximum atomic E-state index is 12.8. The van der Waals surface area contributed by atoms with E-state index in [4.69, 9.17) is 9.47 Å². The van der Waals surface area contributed by atoms with Crippen LogP contribution in [0.5, 0.6) is 0 Å². The smallest absolute Gasteiger partial charge is 0.339 e. The van der Waals surface area contributed by atoms with Gasteiger partial charge in [-0.15, -0.1) is 11.3 Å². The van der Waals surface area contributed by atoms with Crippen molar-refractivity contribution in [1.82, 2.24) is 4.90 Å². The van der Waals surface area contributed by atoms with E-state index in [0.29, 0.717) is 18.5 Å². The molecule has 1 aromatic heterocycles. The number of carbonyl (C=O) groups excluding carboxylic acids is 3. The molecule has 0 saturated carbocycles. The number of hydrogen-bond donors (Lipinski definition) is 0. The third kappa shape index (κ3) is 3.92. The normalized spacial score (nSPS) is 17.8. The van der Waals surface area contributed by atoms with Crippen molar-refractivity contribution in [1.29, 1.82) is 0 Å². The Morgan fingerprint density at radius 1 is 1.14 bits per heavy atom. The van der Waals surface area contributed by atoms with Crippen LogP contribution >= 0.6 is 11.3 Å². The van der Waals surface area contributed by atoms with Crippen molar-refractivity contribution in [3.05, 3.63) is 56.8 Å². The van der Waals surface area contributed by atoms with E-state index < -0.39 is 23.9 Å². The van der Waals surface area contributed by atoms with Crippen LogP contribution in [0, 0.1) is 0 Å². The van der Waals surface area contributed by atoms with Crippen LogP contribution in [0.3, 0.4) is 0 Å². The molecule has 0 saturated heterocycles. The number of nitrogens with zero attached hydrogens (tertiary/aromatic N) is 1. The van der Waals surface area contributed by atoms with Gasteiger partial charge in [0.2, 0.25) is 0 Å². The van der Waals surface area contributed by atoms with E-state index in [1.54, 1.807) is 11.3 Å². The SMILES string of the molecule is COC(=O)[C@@H]1Cc2ccccc2CN1C(=O)COC(=O)c1csc2c1CCCC2.